The summed E-state index contributed by atoms with van der Waals surface area (Å²) in [5, 5.41) is 2.85. The lowest BCUT2D eigenvalue weighted by molar-refractivity contribution is 0.0526. The van der Waals surface area contributed by atoms with Crippen LogP contribution in [0.1, 0.15) is 66.1 Å². The second kappa shape index (κ2) is 10.8. The Bertz CT molecular complexity index is 1220. The highest BCUT2D eigenvalue weighted by Crippen LogP contribution is 2.34. The second-order valence-corrected chi connectivity index (χ2v) is 8.08. The molecule has 0 aliphatic heterocycles. The molecule has 0 saturated carbocycles. The molecule has 0 saturated heterocycles. The lowest BCUT2D eigenvalue weighted by atomic mass is 10.1. The zero-order valence-corrected chi connectivity index (χ0v) is 19.9. The van der Waals surface area contributed by atoms with E-state index in [0.29, 0.717) is 27.5 Å². The number of hydrogen-bond donors (Lipinski definition) is 1. The van der Waals surface area contributed by atoms with Gasteiger partial charge in [-0.2, -0.15) is 0 Å². The summed E-state index contributed by atoms with van der Waals surface area (Å²) in [6, 6.07) is 9.44. The van der Waals surface area contributed by atoms with Crippen LogP contribution in [0.3, 0.4) is 0 Å². The van der Waals surface area contributed by atoms with Crippen LogP contribution in [0.25, 0.3) is 0 Å². The molecule has 1 amide bonds. The minimum atomic E-state index is -0.620. The van der Waals surface area contributed by atoms with E-state index in [-0.39, 0.29) is 35.3 Å². The average molecular weight is 486 g/mol. The Morgan fingerprint density at radius 3 is 2.35 bits per heavy atom. The van der Waals surface area contributed by atoms with Crippen LogP contribution < -0.4 is 10.1 Å². The molecule has 0 spiro atoms. The molecule has 0 aliphatic rings. The maximum absolute atomic E-state index is 12.7. The number of rotatable bonds is 9. The Kier molecular flexibility index (Phi) is 7.85. The van der Waals surface area contributed by atoms with Crippen LogP contribution >= 0.6 is 11.3 Å². The van der Waals surface area contributed by atoms with Crippen LogP contribution in [0.15, 0.2) is 40.8 Å². The molecule has 0 atom stereocenters. The number of thiophene rings is 1. The monoisotopic (exact) mass is 485 g/mol. The summed E-state index contributed by atoms with van der Waals surface area (Å²) in [5.74, 6) is -0.980. The fourth-order valence-electron chi connectivity index (χ4n) is 3.09. The number of Topliss-reactive ketones (excluding diaryl/α,β-unsaturated/α-hetero) is 1. The fourth-order valence-corrected chi connectivity index (χ4v) is 4.17. The lowest BCUT2D eigenvalue weighted by Gasteiger charge is -2.06. The first kappa shape index (κ1) is 24.7. The van der Waals surface area contributed by atoms with Crippen molar-refractivity contribution in [2.75, 3.05) is 19.0 Å². The van der Waals surface area contributed by atoms with Gasteiger partial charge in [0.15, 0.2) is 11.5 Å². The summed E-state index contributed by atoms with van der Waals surface area (Å²) in [6.45, 7) is 4.90. The number of amides is 1. The molecule has 3 aromatic rings. The van der Waals surface area contributed by atoms with Gasteiger partial charge >= 0.3 is 11.9 Å². The van der Waals surface area contributed by atoms with Crippen LogP contribution in [0.2, 0.25) is 0 Å². The molecule has 9 nitrogen and oxygen atoms in total. The number of esters is 2. The number of carbonyl (C=O) groups excluding carboxylic acids is 4. The zero-order chi connectivity index (χ0) is 24.8. The molecular formula is C24H23NO8S. The number of furan rings is 1. The number of carbonyl (C=O) groups is 4. The van der Waals surface area contributed by atoms with E-state index >= 15 is 0 Å². The first-order valence-electron chi connectivity index (χ1n) is 10.3. The molecule has 0 bridgehead atoms. The molecule has 3 rings (SSSR count). The van der Waals surface area contributed by atoms with Crippen molar-refractivity contribution in [3.8, 4) is 5.75 Å². The number of ether oxygens (including phenoxy) is 3. The van der Waals surface area contributed by atoms with Crippen molar-refractivity contribution in [1.82, 2.24) is 0 Å². The van der Waals surface area contributed by atoms with Crippen molar-refractivity contribution in [2.45, 2.75) is 27.4 Å². The number of hydrogen-bond acceptors (Lipinski definition) is 9. The van der Waals surface area contributed by atoms with Crippen molar-refractivity contribution < 1.29 is 37.8 Å². The summed E-state index contributed by atoms with van der Waals surface area (Å²) >= 11 is 1.01. The fraction of sp³-hybridized carbons (Fsp3) is 0.250. The molecule has 1 N–H and O–H groups in total. The Morgan fingerprint density at radius 1 is 1.03 bits per heavy atom. The van der Waals surface area contributed by atoms with Crippen molar-refractivity contribution in [3.05, 3.63) is 69.5 Å². The highest BCUT2D eigenvalue weighted by atomic mass is 32.1. The lowest BCUT2D eigenvalue weighted by Crippen LogP contribution is -2.14. The van der Waals surface area contributed by atoms with Gasteiger partial charge in [-0.15, -0.1) is 11.3 Å². The second-order valence-electron chi connectivity index (χ2n) is 7.06. The van der Waals surface area contributed by atoms with Crippen LogP contribution in [0.4, 0.5) is 5.00 Å². The zero-order valence-electron chi connectivity index (χ0n) is 19.1. The third kappa shape index (κ3) is 5.52. The van der Waals surface area contributed by atoms with Crippen LogP contribution in [-0.4, -0.2) is 37.3 Å². The highest BCUT2D eigenvalue weighted by molar-refractivity contribution is 7.18. The van der Waals surface area contributed by atoms with E-state index in [9.17, 15) is 19.2 Å². The first-order valence-corrected chi connectivity index (χ1v) is 11.1. The summed E-state index contributed by atoms with van der Waals surface area (Å²) in [7, 11) is 1.30. The van der Waals surface area contributed by atoms with Crippen LogP contribution in [-0.2, 0) is 16.1 Å². The highest BCUT2D eigenvalue weighted by Gasteiger charge is 2.26. The molecule has 0 unspecified atom stereocenters. The molecular weight excluding hydrogens is 462 g/mol. The summed E-state index contributed by atoms with van der Waals surface area (Å²) < 4.78 is 20.9. The van der Waals surface area contributed by atoms with E-state index < -0.39 is 17.8 Å². The molecule has 1 aromatic carbocycles. The molecule has 34 heavy (non-hydrogen) atoms. The Labute approximate surface area is 199 Å². The Hall–Kier alpha value is -3.92. The summed E-state index contributed by atoms with van der Waals surface area (Å²) in [6.07, 6.45) is 0. The predicted octanol–water partition coefficient (Wildman–Crippen LogP) is 4.65. The van der Waals surface area contributed by atoms with E-state index in [1.165, 1.54) is 20.1 Å². The minimum Gasteiger partial charge on any atom is -0.486 e. The smallest absolute Gasteiger partial charge is 0.341 e. The molecule has 2 heterocycles. The third-order valence-electron chi connectivity index (χ3n) is 4.72. The largest absolute Gasteiger partial charge is 0.486 e. The van der Waals surface area contributed by atoms with Gasteiger partial charge < -0.3 is 23.9 Å². The number of methoxy groups -OCH3 is 1. The van der Waals surface area contributed by atoms with Gasteiger partial charge in [-0.1, -0.05) is 0 Å². The maximum Gasteiger partial charge on any atom is 0.341 e. The molecule has 10 heteroatoms. The minimum absolute atomic E-state index is 0.00451. The quantitative estimate of drug-likeness (QED) is 0.343. The van der Waals surface area contributed by atoms with E-state index in [1.54, 1.807) is 44.2 Å². The van der Waals surface area contributed by atoms with Gasteiger partial charge in [0.25, 0.3) is 5.91 Å². The molecule has 0 fully saturated rings. The third-order valence-corrected chi connectivity index (χ3v) is 6.02. The van der Waals surface area contributed by atoms with Gasteiger partial charge in [-0.05, 0) is 62.7 Å². The molecule has 0 aliphatic carbocycles. The molecule has 0 radical (unpaired) electrons. The molecule has 178 valence electrons. The van der Waals surface area contributed by atoms with Crippen LogP contribution in [0, 0.1) is 6.92 Å². The first-order chi connectivity index (χ1) is 16.2. The predicted molar refractivity (Wildman–Crippen MR) is 124 cm³/mol. The molecule has 2 aromatic heterocycles. The Balaban J connectivity index is 1.70. The van der Waals surface area contributed by atoms with Gasteiger partial charge in [0.2, 0.25) is 0 Å². The van der Waals surface area contributed by atoms with Crippen molar-refractivity contribution in [1.29, 1.82) is 0 Å². The van der Waals surface area contributed by atoms with Gasteiger partial charge in [0.05, 0.1) is 29.7 Å². The van der Waals surface area contributed by atoms with Crippen molar-refractivity contribution in [2.24, 2.45) is 0 Å². The van der Waals surface area contributed by atoms with E-state index in [4.69, 9.17) is 13.9 Å². The normalized spacial score (nSPS) is 10.5. The number of benzene rings is 1. The number of nitrogens with one attached hydrogen (secondary N) is 1. The van der Waals surface area contributed by atoms with Crippen LogP contribution in [0.5, 0.6) is 5.75 Å². The van der Waals surface area contributed by atoms with E-state index in [2.05, 4.69) is 10.1 Å². The number of ketones is 1. The van der Waals surface area contributed by atoms with Crippen molar-refractivity contribution >= 4 is 40.0 Å². The van der Waals surface area contributed by atoms with E-state index in [1.807, 2.05) is 0 Å². The standard InChI is InChI=1S/C24H23NO8S/c1-5-31-24(29)19-13(2)20(14(3)26)34-22(19)25-21(27)18-11-10-17(33-18)12-32-16-8-6-15(7-9-16)23(28)30-4/h6-11H,5,12H2,1-4H3,(H,25,27). The van der Waals surface area contributed by atoms with Gasteiger partial charge in [0.1, 0.15) is 23.1 Å². The van der Waals surface area contributed by atoms with Crippen molar-refractivity contribution in [3.63, 3.8) is 0 Å². The van der Waals surface area contributed by atoms with Gasteiger partial charge in [-0.25, -0.2) is 9.59 Å². The van der Waals surface area contributed by atoms with Gasteiger partial charge in [-0.3, -0.25) is 9.59 Å². The van der Waals surface area contributed by atoms with E-state index in [0.717, 1.165) is 11.3 Å². The number of anilines is 1. The SMILES string of the molecule is CCOC(=O)c1c(NC(=O)c2ccc(COc3ccc(C(=O)OC)cc3)o2)sc(C(C)=O)c1C. The maximum atomic E-state index is 12.7. The summed E-state index contributed by atoms with van der Waals surface area (Å²) in [5.41, 5.74) is 1.000. The average Bonchev–Trinajstić information content (AvgIpc) is 3.42. The summed E-state index contributed by atoms with van der Waals surface area (Å²) in [4.78, 5) is 48.9. The van der Waals surface area contributed by atoms with Gasteiger partial charge in [0, 0.05) is 0 Å². The topological polar surface area (TPSA) is 121 Å². The Morgan fingerprint density at radius 2 is 1.74 bits per heavy atom.